The smallest absolute Gasteiger partial charge is 0.0865 e. The van der Waals surface area contributed by atoms with Gasteiger partial charge in [0.15, 0.2) is 0 Å². The first-order chi connectivity index (χ1) is 6.91. The van der Waals surface area contributed by atoms with Gasteiger partial charge in [0.25, 0.3) is 0 Å². The van der Waals surface area contributed by atoms with Gasteiger partial charge >= 0.3 is 0 Å². The molecule has 3 rings (SSSR count). The highest BCUT2D eigenvalue weighted by molar-refractivity contribution is 8.18. The molecule has 0 aromatic heterocycles. The minimum atomic E-state index is 0.439. The first-order valence-corrected chi connectivity index (χ1v) is 7.24. The minimum Gasteiger partial charge on any atom is -0.139 e. The Hall–Kier alpha value is -0.0800. The maximum atomic E-state index is 2.34. The predicted molar refractivity (Wildman–Crippen MR) is 66.0 cm³/mol. The first kappa shape index (κ1) is 9.17. The Morgan fingerprint density at radius 3 is 2.71 bits per heavy atom. The van der Waals surface area contributed by atoms with Crippen molar-refractivity contribution in [3.63, 3.8) is 0 Å². The number of benzene rings is 1. The van der Waals surface area contributed by atoms with E-state index in [0.29, 0.717) is 4.08 Å². The zero-order valence-electron chi connectivity index (χ0n) is 8.16. The van der Waals surface area contributed by atoms with Crippen LogP contribution in [0.25, 0.3) is 0 Å². The van der Waals surface area contributed by atoms with Gasteiger partial charge in [-0.3, -0.25) is 0 Å². The van der Waals surface area contributed by atoms with Crippen molar-refractivity contribution in [2.24, 2.45) is 0 Å². The third-order valence-corrected chi connectivity index (χ3v) is 6.58. The van der Waals surface area contributed by atoms with Gasteiger partial charge in [-0.05, 0) is 41.9 Å². The monoisotopic (exact) mass is 222 g/mol. The Balaban J connectivity index is 2.03. The van der Waals surface area contributed by atoms with E-state index in [4.69, 9.17) is 0 Å². The minimum absolute atomic E-state index is 0.439. The van der Waals surface area contributed by atoms with E-state index < -0.39 is 0 Å². The second kappa shape index (κ2) is 3.49. The van der Waals surface area contributed by atoms with Crippen molar-refractivity contribution >= 4 is 23.5 Å². The standard InChI is InChI=1S/C12H14S2/c1-2-5-11-10(4-1)6-7-12(11)13-8-3-9-14-12/h1-2,4-5H,3,6-9H2. The molecule has 1 aromatic rings. The summed E-state index contributed by atoms with van der Waals surface area (Å²) in [6, 6.07) is 9.02. The zero-order valence-corrected chi connectivity index (χ0v) is 9.79. The van der Waals surface area contributed by atoms with E-state index in [1.54, 1.807) is 11.1 Å². The lowest BCUT2D eigenvalue weighted by Crippen LogP contribution is -2.19. The topological polar surface area (TPSA) is 0 Å². The van der Waals surface area contributed by atoms with Crippen LogP contribution in [-0.2, 0) is 10.5 Å². The normalized spacial score (nSPS) is 23.7. The first-order valence-electron chi connectivity index (χ1n) is 5.27. The number of hydrogen-bond acceptors (Lipinski definition) is 2. The van der Waals surface area contributed by atoms with Gasteiger partial charge in [-0.15, -0.1) is 23.5 Å². The second-order valence-electron chi connectivity index (χ2n) is 3.96. The molecule has 1 aliphatic heterocycles. The van der Waals surface area contributed by atoms with Crippen molar-refractivity contribution in [3.05, 3.63) is 35.4 Å². The predicted octanol–water partition coefficient (Wildman–Crippen LogP) is 3.66. The van der Waals surface area contributed by atoms with Crippen LogP contribution in [0.15, 0.2) is 24.3 Å². The molecule has 1 aromatic carbocycles. The molecule has 2 heteroatoms. The van der Waals surface area contributed by atoms with Gasteiger partial charge in [-0.2, -0.15) is 0 Å². The molecule has 2 aliphatic rings. The highest BCUT2D eigenvalue weighted by atomic mass is 32.2. The summed E-state index contributed by atoms with van der Waals surface area (Å²) in [6.07, 6.45) is 4.02. The average Bonchev–Trinajstić information content (AvgIpc) is 2.60. The maximum absolute atomic E-state index is 2.34. The molecule has 0 N–H and O–H groups in total. The lowest BCUT2D eigenvalue weighted by Gasteiger charge is -2.33. The molecule has 0 bridgehead atoms. The molecule has 1 saturated heterocycles. The lowest BCUT2D eigenvalue weighted by molar-refractivity contribution is 0.824. The molecule has 0 unspecified atom stereocenters. The summed E-state index contributed by atoms with van der Waals surface area (Å²) in [7, 11) is 0. The van der Waals surface area contributed by atoms with Gasteiger partial charge in [-0.1, -0.05) is 24.3 Å². The summed E-state index contributed by atoms with van der Waals surface area (Å²) in [5.74, 6) is 2.70. The molecule has 0 amide bonds. The number of rotatable bonds is 0. The molecule has 14 heavy (non-hydrogen) atoms. The van der Waals surface area contributed by atoms with Crippen molar-refractivity contribution in [1.29, 1.82) is 0 Å². The largest absolute Gasteiger partial charge is 0.139 e. The molecular weight excluding hydrogens is 208 g/mol. The zero-order chi connectivity index (χ0) is 9.43. The summed E-state index contributed by atoms with van der Waals surface area (Å²) >= 11 is 4.36. The fourth-order valence-corrected chi connectivity index (χ4v) is 5.87. The van der Waals surface area contributed by atoms with Crippen molar-refractivity contribution in [2.75, 3.05) is 11.5 Å². The number of hydrogen-bond donors (Lipinski definition) is 0. The van der Waals surface area contributed by atoms with Crippen LogP contribution in [0, 0.1) is 0 Å². The molecule has 0 saturated carbocycles. The molecular formula is C12H14S2. The van der Waals surface area contributed by atoms with Crippen molar-refractivity contribution in [1.82, 2.24) is 0 Å². The molecule has 1 fully saturated rings. The van der Waals surface area contributed by atoms with E-state index in [2.05, 4.69) is 47.8 Å². The fraction of sp³-hybridized carbons (Fsp3) is 0.500. The summed E-state index contributed by atoms with van der Waals surface area (Å²) in [5.41, 5.74) is 3.21. The summed E-state index contributed by atoms with van der Waals surface area (Å²) in [4.78, 5) is 0. The van der Waals surface area contributed by atoms with Crippen LogP contribution in [0.4, 0.5) is 0 Å². The fourth-order valence-electron chi connectivity index (χ4n) is 2.42. The Bertz CT molecular complexity index is 334. The van der Waals surface area contributed by atoms with Gasteiger partial charge in [0.2, 0.25) is 0 Å². The van der Waals surface area contributed by atoms with Crippen LogP contribution in [0.2, 0.25) is 0 Å². The van der Waals surface area contributed by atoms with E-state index in [0.717, 1.165) is 0 Å². The van der Waals surface area contributed by atoms with Gasteiger partial charge < -0.3 is 0 Å². The molecule has 1 heterocycles. The molecule has 0 atom stereocenters. The van der Waals surface area contributed by atoms with Gasteiger partial charge in [0.1, 0.15) is 0 Å². The highest BCUT2D eigenvalue weighted by Crippen LogP contribution is 2.57. The van der Waals surface area contributed by atoms with Crippen LogP contribution in [0.1, 0.15) is 24.0 Å². The maximum Gasteiger partial charge on any atom is 0.0865 e. The third-order valence-electron chi connectivity index (χ3n) is 3.11. The SMILES string of the molecule is c1ccc2c(c1)CCC21SCCCS1. The quantitative estimate of drug-likeness (QED) is 0.657. The number of thioether (sulfide) groups is 2. The van der Waals surface area contributed by atoms with Crippen molar-refractivity contribution in [2.45, 2.75) is 23.3 Å². The average molecular weight is 222 g/mol. The van der Waals surface area contributed by atoms with E-state index in [1.807, 2.05) is 0 Å². The van der Waals surface area contributed by atoms with Crippen molar-refractivity contribution < 1.29 is 0 Å². The summed E-state index contributed by atoms with van der Waals surface area (Å²) in [6.45, 7) is 0. The van der Waals surface area contributed by atoms with Gasteiger partial charge in [0.05, 0.1) is 4.08 Å². The third kappa shape index (κ3) is 1.31. The van der Waals surface area contributed by atoms with E-state index in [-0.39, 0.29) is 0 Å². The molecule has 0 radical (unpaired) electrons. The molecule has 1 spiro atoms. The molecule has 74 valence electrons. The van der Waals surface area contributed by atoms with Crippen LogP contribution in [0.3, 0.4) is 0 Å². The Kier molecular flexibility index (Phi) is 2.29. The van der Waals surface area contributed by atoms with Gasteiger partial charge in [0, 0.05) is 0 Å². The van der Waals surface area contributed by atoms with Crippen LogP contribution >= 0.6 is 23.5 Å². The van der Waals surface area contributed by atoms with E-state index in [1.165, 1.54) is 30.8 Å². The molecule has 0 nitrogen and oxygen atoms in total. The number of aryl methyl sites for hydroxylation is 1. The van der Waals surface area contributed by atoms with Crippen LogP contribution in [0.5, 0.6) is 0 Å². The van der Waals surface area contributed by atoms with Crippen LogP contribution in [-0.4, -0.2) is 11.5 Å². The summed E-state index contributed by atoms with van der Waals surface area (Å²) in [5, 5.41) is 0. The molecule has 1 aliphatic carbocycles. The van der Waals surface area contributed by atoms with Crippen LogP contribution < -0.4 is 0 Å². The lowest BCUT2D eigenvalue weighted by atomic mass is 10.1. The Morgan fingerprint density at radius 1 is 1.07 bits per heavy atom. The highest BCUT2D eigenvalue weighted by Gasteiger charge is 2.40. The van der Waals surface area contributed by atoms with Crippen molar-refractivity contribution in [3.8, 4) is 0 Å². The summed E-state index contributed by atoms with van der Waals surface area (Å²) < 4.78 is 0.439. The van der Waals surface area contributed by atoms with E-state index in [9.17, 15) is 0 Å². The van der Waals surface area contributed by atoms with E-state index >= 15 is 0 Å². The number of fused-ring (bicyclic) bond motifs is 2. The Morgan fingerprint density at radius 2 is 1.86 bits per heavy atom. The second-order valence-corrected chi connectivity index (χ2v) is 7.01. The van der Waals surface area contributed by atoms with Gasteiger partial charge in [-0.25, -0.2) is 0 Å². The Labute approximate surface area is 93.9 Å².